The van der Waals surface area contributed by atoms with E-state index in [4.69, 9.17) is 9.47 Å². The van der Waals surface area contributed by atoms with Crippen molar-refractivity contribution >= 4 is 0 Å². The number of ether oxygens (including phenoxy) is 2. The molecule has 0 fully saturated rings. The average Bonchev–Trinajstić information content (AvgIpc) is 2.05. The molecule has 0 amide bonds. The lowest BCUT2D eigenvalue weighted by Crippen LogP contribution is -2.10. The Labute approximate surface area is 58.6 Å². The zero-order chi connectivity index (χ0) is 6.81. The van der Waals surface area contributed by atoms with Crippen molar-refractivity contribution in [2.75, 3.05) is 6.79 Å². The normalized spacial score (nSPS) is 15.6. The molecule has 0 aromatic carbocycles. The van der Waals surface area contributed by atoms with Gasteiger partial charge in [-0.25, -0.2) is 0 Å². The fraction of sp³-hybridized carbons (Fsp3) is 0.286. The van der Waals surface area contributed by atoms with Gasteiger partial charge >= 0.3 is 0 Å². The molecule has 0 bridgehead atoms. The molecule has 1 aliphatic heterocycles. The van der Waals surface area contributed by atoms with Crippen molar-refractivity contribution in [2.45, 2.75) is 6.61 Å². The van der Waals surface area contributed by atoms with Crippen molar-refractivity contribution in [1.82, 2.24) is 4.98 Å². The molecule has 3 heteroatoms. The number of rotatable bonds is 0. The fourth-order valence-electron chi connectivity index (χ4n) is 0.915. The van der Waals surface area contributed by atoms with E-state index in [0.29, 0.717) is 13.4 Å². The van der Waals surface area contributed by atoms with Crippen molar-refractivity contribution < 1.29 is 9.47 Å². The van der Waals surface area contributed by atoms with Crippen molar-refractivity contribution in [3.05, 3.63) is 24.0 Å². The van der Waals surface area contributed by atoms with Gasteiger partial charge < -0.3 is 9.47 Å². The van der Waals surface area contributed by atoms with Crippen LogP contribution < -0.4 is 4.74 Å². The van der Waals surface area contributed by atoms with Gasteiger partial charge in [0.25, 0.3) is 0 Å². The van der Waals surface area contributed by atoms with Gasteiger partial charge in [-0.05, 0) is 6.07 Å². The highest BCUT2D eigenvalue weighted by molar-refractivity contribution is 5.29. The van der Waals surface area contributed by atoms with Gasteiger partial charge in [0, 0.05) is 11.8 Å². The Kier molecular flexibility index (Phi) is 1.29. The zero-order valence-corrected chi connectivity index (χ0v) is 5.41. The van der Waals surface area contributed by atoms with Crippen molar-refractivity contribution in [2.24, 2.45) is 0 Å². The molecule has 0 aliphatic carbocycles. The highest BCUT2D eigenvalue weighted by Crippen LogP contribution is 2.20. The van der Waals surface area contributed by atoms with Gasteiger partial charge in [-0.3, -0.25) is 4.98 Å². The van der Waals surface area contributed by atoms with Crippen LogP contribution in [0.3, 0.4) is 0 Å². The Morgan fingerprint density at radius 1 is 1.50 bits per heavy atom. The molecule has 0 spiro atoms. The quantitative estimate of drug-likeness (QED) is 0.533. The molecule has 0 radical (unpaired) electrons. The number of fused-ring (bicyclic) bond motifs is 1. The highest BCUT2D eigenvalue weighted by atomic mass is 16.7. The van der Waals surface area contributed by atoms with E-state index in [-0.39, 0.29) is 0 Å². The van der Waals surface area contributed by atoms with Gasteiger partial charge in [0.15, 0.2) is 6.79 Å². The summed E-state index contributed by atoms with van der Waals surface area (Å²) in [5.41, 5.74) is 1.07. The fourth-order valence-corrected chi connectivity index (χ4v) is 0.915. The van der Waals surface area contributed by atoms with Crippen LogP contribution in [0.1, 0.15) is 5.56 Å². The molecule has 0 unspecified atom stereocenters. The highest BCUT2D eigenvalue weighted by Gasteiger charge is 2.07. The van der Waals surface area contributed by atoms with Crippen LogP contribution in [0.2, 0.25) is 0 Å². The molecule has 2 rings (SSSR count). The molecule has 3 nitrogen and oxygen atoms in total. The molecular weight excluding hydrogens is 130 g/mol. The minimum Gasteiger partial charge on any atom is -0.466 e. The number of aromatic nitrogens is 1. The third-order valence-electron chi connectivity index (χ3n) is 1.43. The summed E-state index contributed by atoms with van der Waals surface area (Å²) in [5, 5.41) is 0. The van der Waals surface area contributed by atoms with Gasteiger partial charge in [-0.15, -0.1) is 0 Å². The zero-order valence-electron chi connectivity index (χ0n) is 5.41. The summed E-state index contributed by atoms with van der Waals surface area (Å²) < 4.78 is 10.2. The number of hydrogen-bond acceptors (Lipinski definition) is 3. The maximum absolute atomic E-state index is 5.14. The van der Waals surface area contributed by atoms with Gasteiger partial charge in [0.1, 0.15) is 5.75 Å². The Morgan fingerprint density at radius 2 is 2.50 bits per heavy atom. The van der Waals surface area contributed by atoms with Crippen LogP contribution in [0.4, 0.5) is 0 Å². The third-order valence-corrected chi connectivity index (χ3v) is 1.43. The van der Waals surface area contributed by atoms with E-state index in [9.17, 15) is 0 Å². The second-order valence-corrected chi connectivity index (χ2v) is 2.09. The second kappa shape index (κ2) is 2.27. The summed E-state index contributed by atoms with van der Waals surface area (Å²) in [5.74, 6) is 0.841. The number of pyridine rings is 1. The first-order valence-electron chi connectivity index (χ1n) is 3.10. The largest absolute Gasteiger partial charge is 0.466 e. The van der Waals surface area contributed by atoms with Gasteiger partial charge in [0.2, 0.25) is 0 Å². The molecule has 0 atom stereocenters. The lowest BCUT2D eigenvalue weighted by atomic mass is 10.2. The number of hydrogen-bond donors (Lipinski definition) is 0. The van der Waals surface area contributed by atoms with E-state index in [1.807, 2.05) is 6.07 Å². The molecule has 0 saturated carbocycles. The van der Waals surface area contributed by atoms with Gasteiger partial charge in [-0.2, -0.15) is 0 Å². The Morgan fingerprint density at radius 3 is 3.40 bits per heavy atom. The summed E-state index contributed by atoms with van der Waals surface area (Å²) in [6.45, 7) is 0.983. The summed E-state index contributed by atoms with van der Waals surface area (Å²) in [6.07, 6.45) is 3.44. The Balaban J connectivity index is 2.41. The van der Waals surface area contributed by atoms with Crippen molar-refractivity contribution in [3.63, 3.8) is 0 Å². The van der Waals surface area contributed by atoms with E-state index >= 15 is 0 Å². The Hall–Kier alpha value is -1.09. The van der Waals surface area contributed by atoms with Crippen LogP contribution in [0.15, 0.2) is 18.5 Å². The van der Waals surface area contributed by atoms with E-state index in [2.05, 4.69) is 4.98 Å². The van der Waals surface area contributed by atoms with Crippen molar-refractivity contribution in [3.8, 4) is 5.75 Å². The van der Waals surface area contributed by atoms with Crippen LogP contribution in [0.25, 0.3) is 0 Å². The topological polar surface area (TPSA) is 31.4 Å². The maximum atomic E-state index is 5.14. The standard InChI is InChI=1S/C7H7NO2/c1-2-8-3-7-6(1)4-9-5-10-7/h1-3H,4-5H2. The second-order valence-electron chi connectivity index (χ2n) is 2.09. The lowest BCUT2D eigenvalue weighted by Gasteiger charge is -2.15. The molecule has 10 heavy (non-hydrogen) atoms. The predicted molar refractivity (Wildman–Crippen MR) is 34.5 cm³/mol. The minimum atomic E-state index is 0.346. The molecule has 1 aromatic rings. The SMILES string of the molecule is c1cc2c(cn1)OCOC2. The van der Waals surface area contributed by atoms with Crippen LogP contribution in [0.5, 0.6) is 5.75 Å². The summed E-state index contributed by atoms with van der Waals surface area (Å²) in [6, 6.07) is 1.90. The smallest absolute Gasteiger partial charge is 0.189 e. The monoisotopic (exact) mass is 137 g/mol. The van der Waals surface area contributed by atoms with Crippen LogP contribution in [0, 0.1) is 0 Å². The molecule has 1 aliphatic rings. The lowest BCUT2D eigenvalue weighted by molar-refractivity contribution is -0.0166. The van der Waals surface area contributed by atoms with E-state index in [1.165, 1.54) is 0 Å². The summed E-state index contributed by atoms with van der Waals surface area (Å²) in [4.78, 5) is 3.92. The predicted octanol–water partition coefficient (Wildman–Crippen LogP) is 0.948. The van der Waals surface area contributed by atoms with Crippen LogP contribution in [-0.4, -0.2) is 11.8 Å². The van der Waals surface area contributed by atoms with Crippen molar-refractivity contribution in [1.29, 1.82) is 0 Å². The first-order valence-corrected chi connectivity index (χ1v) is 3.10. The summed E-state index contributed by atoms with van der Waals surface area (Å²) in [7, 11) is 0. The molecule has 52 valence electrons. The first-order chi connectivity index (χ1) is 4.97. The van der Waals surface area contributed by atoms with Crippen LogP contribution in [-0.2, 0) is 11.3 Å². The van der Waals surface area contributed by atoms with E-state index < -0.39 is 0 Å². The summed E-state index contributed by atoms with van der Waals surface area (Å²) >= 11 is 0. The minimum absolute atomic E-state index is 0.346. The molecule has 0 N–H and O–H groups in total. The third kappa shape index (κ3) is 0.844. The van der Waals surface area contributed by atoms with E-state index in [1.54, 1.807) is 12.4 Å². The van der Waals surface area contributed by atoms with Gasteiger partial charge in [-0.1, -0.05) is 0 Å². The van der Waals surface area contributed by atoms with Gasteiger partial charge in [0.05, 0.1) is 12.8 Å². The Bertz CT molecular complexity index is 212. The molecule has 0 saturated heterocycles. The molecule has 2 heterocycles. The number of nitrogens with zero attached hydrogens (tertiary/aromatic N) is 1. The average molecular weight is 137 g/mol. The molecular formula is C7H7NO2. The molecule has 1 aromatic heterocycles. The van der Waals surface area contributed by atoms with Crippen LogP contribution >= 0.6 is 0 Å². The first kappa shape index (κ1) is 5.68. The maximum Gasteiger partial charge on any atom is 0.189 e. The van der Waals surface area contributed by atoms with E-state index in [0.717, 1.165) is 11.3 Å².